The van der Waals surface area contributed by atoms with Gasteiger partial charge in [0.2, 0.25) is 0 Å². The molecule has 11 heteroatoms. The second-order valence-electron chi connectivity index (χ2n) is 9.25. The molecule has 0 aliphatic rings. The summed E-state index contributed by atoms with van der Waals surface area (Å²) in [4.78, 5) is 53.8. The Hall–Kier alpha value is -3.95. The Kier molecular flexibility index (Phi) is 9.08. The van der Waals surface area contributed by atoms with Crippen LogP contribution >= 0.6 is 23.2 Å². The third-order valence-corrected chi connectivity index (χ3v) is 5.70. The molecule has 1 atom stereocenters. The smallest absolute Gasteiger partial charge is 0.339 e. The van der Waals surface area contributed by atoms with Crippen molar-refractivity contribution < 1.29 is 29.0 Å². The third-order valence-electron chi connectivity index (χ3n) is 5.13. The first-order valence-corrected chi connectivity index (χ1v) is 12.2. The highest BCUT2D eigenvalue weighted by atomic mass is 35.5. The van der Waals surface area contributed by atoms with Crippen LogP contribution in [0.4, 0.5) is 5.69 Å². The molecule has 3 rings (SSSR count). The largest absolute Gasteiger partial charge is 0.480 e. The Bertz CT molecular complexity index is 1350. The van der Waals surface area contributed by atoms with Crippen LogP contribution in [-0.4, -0.2) is 45.5 Å². The second-order valence-corrected chi connectivity index (χ2v) is 10.1. The lowest BCUT2D eigenvalue weighted by Crippen LogP contribution is -2.42. The van der Waals surface area contributed by atoms with Gasteiger partial charge in [0.25, 0.3) is 11.8 Å². The number of carboxylic acid groups (broad SMARTS) is 1. The van der Waals surface area contributed by atoms with E-state index in [-0.39, 0.29) is 33.2 Å². The molecule has 1 heterocycles. The van der Waals surface area contributed by atoms with E-state index >= 15 is 0 Å². The molecule has 0 unspecified atom stereocenters. The van der Waals surface area contributed by atoms with Crippen molar-refractivity contribution >= 4 is 52.6 Å². The first-order valence-electron chi connectivity index (χ1n) is 11.4. The molecule has 38 heavy (non-hydrogen) atoms. The number of carbonyl (C=O) groups excluding carboxylic acids is 3. The van der Waals surface area contributed by atoms with Crippen molar-refractivity contribution in [3.63, 3.8) is 0 Å². The van der Waals surface area contributed by atoms with Crippen molar-refractivity contribution in [1.29, 1.82) is 0 Å². The molecule has 0 saturated heterocycles. The molecular weight excluding hydrogens is 533 g/mol. The number of hydrogen-bond donors (Lipinski definition) is 3. The van der Waals surface area contributed by atoms with Crippen LogP contribution in [0.15, 0.2) is 60.9 Å². The van der Waals surface area contributed by atoms with E-state index < -0.39 is 35.4 Å². The van der Waals surface area contributed by atoms with E-state index in [2.05, 4.69) is 15.6 Å². The number of pyridine rings is 1. The Morgan fingerprint density at radius 2 is 1.50 bits per heavy atom. The first-order chi connectivity index (χ1) is 17.9. The van der Waals surface area contributed by atoms with Crippen LogP contribution in [-0.2, 0) is 16.0 Å². The van der Waals surface area contributed by atoms with E-state index in [1.54, 1.807) is 57.2 Å². The molecular formula is C27H25Cl2N3O6. The normalized spacial score (nSPS) is 11.8. The standard InChI is InChI=1S/C27H25Cl2N3O6/c1-27(2,3)38-26(37)18-7-5-4-6-17(18)23(33)32-21(25(35)36)12-15-8-10-16(11-9-15)31-24(34)22-19(28)13-30-14-20(22)29/h4-11,13-14,21H,12H2,1-3H3,(H,31,34)(H,32,33)(H,35,36)/t21-/m0/s1. The van der Waals surface area contributed by atoms with Gasteiger partial charge < -0.3 is 20.5 Å². The van der Waals surface area contributed by atoms with Crippen LogP contribution in [0.2, 0.25) is 10.0 Å². The predicted octanol–water partition coefficient (Wildman–Crippen LogP) is 5.02. The maximum absolute atomic E-state index is 13.0. The number of amides is 2. The fourth-order valence-electron chi connectivity index (χ4n) is 3.41. The number of hydrogen-bond acceptors (Lipinski definition) is 6. The highest BCUT2D eigenvalue weighted by Gasteiger charge is 2.26. The van der Waals surface area contributed by atoms with Gasteiger partial charge in [-0.1, -0.05) is 47.5 Å². The lowest BCUT2D eigenvalue weighted by Gasteiger charge is -2.21. The fraction of sp³-hybridized carbons (Fsp3) is 0.222. The number of benzene rings is 2. The summed E-state index contributed by atoms with van der Waals surface area (Å²) in [5.41, 5.74) is 0.332. The lowest BCUT2D eigenvalue weighted by atomic mass is 10.0. The zero-order valence-electron chi connectivity index (χ0n) is 20.7. The SMILES string of the molecule is CC(C)(C)OC(=O)c1ccccc1C(=O)N[C@@H](Cc1ccc(NC(=O)c2c(Cl)cncc2Cl)cc1)C(=O)O. The molecule has 0 aliphatic carbocycles. The molecule has 3 aromatic rings. The van der Waals surface area contributed by atoms with Gasteiger partial charge >= 0.3 is 11.9 Å². The fourth-order valence-corrected chi connectivity index (χ4v) is 3.95. The molecule has 1 aromatic heterocycles. The number of ether oxygens (including phenoxy) is 1. The van der Waals surface area contributed by atoms with Crippen molar-refractivity contribution in [2.45, 2.75) is 38.8 Å². The molecule has 0 radical (unpaired) electrons. The molecule has 0 fully saturated rings. The van der Waals surface area contributed by atoms with Crippen LogP contribution in [0, 0.1) is 0 Å². The van der Waals surface area contributed by atoms with Gasteiger partial charge in [-0.25, -0.2) is 9.59 Å². The molecule has 3 N–H and O–H groups in total. The lowest BCUT2D eigenvalue weighted by molar-refractivity contribution is -0.139. The number of rotatable bonds is 8. The van der Waals surface area contributed by atoms with Crippen molar-refractivity contribution in [2.75, 3.05) is 5.32 Å². The van der Waals surface area contributed by atoms with Crippen LogP contribution in [0.3, 0.4) is 0 Å². The highest BCUT2D eigenvalue weighted by Crippen LogP contribution is 2.24. The van der Waals surface area contributed by atoms with Crippen LogP contribution in [0.1, 0.15) is 57.4 Å². The summed E-state index contributed by atoms with van der Waals surface area (Å²) in [6.07, 6.45) is 2.56. The molecule has 0 spiro atoms. The second kappa shape index (κ2) is 12.1. The van der Waals surface area contributed by atoms with E-state index in [0.29, 0.717) is 11.3 Å². The Balaban J connectivity index is 1.71. The summed E-state index contributed by atoms with van der Waals surface area (Å²) in [5, 5.41) is 15.0. The third kappa shape index (κ3) is 7.53. The monoisotopic (exact) mass is 557 g/mol. The van der Waals surface area contributed by atoms with E-state index in [9.17, 15) is 24.3 Å². The quantitative estimate of drug-likeness (QED) is 0.331. The van der Waals surface area contributed by atoms with Gasteiger partial charge in [-0.2, -0.15) is 0 Å². The minimum Gasteiger partial charge on any atom is -0.480 e. The average Bonchev–Trinajstić information content (AvgIpc) is 2.83. The van der Waals surface area contributed by atoms with Gasteiger partial charge in [0.1, 0.15) is 11.6 Å². The number of aromatic nitrogens is 1. The highest BCUT2D eigenvalue weighted by molar-refractivity contribution is 6.40. The maximum atomic E-state index is 13.0. The molecule has 0 saturated carbocycles. The molecule has 0 aliphatic heterocycles. The Labute approximate surface area is 229 Å². The molecule has 198 valence electrons. The molecule has 2 amide bonds. The zero-order valence-corrected chi connectivity index (χ0v) is 22.3. The van der Waals surface area contributed by atoms with Gasteiger partial charge in [0.05, 0.1) is 26.7 Å². The summed E-state index contributed by atoms with van der Waals surface area (Å²) in [7, 11) is 0. The zero-order chi connectivity index (χ0) is 28.0. The van der Waals surface area contributed by atoms with Crippen molar-refractivity contribution in [2.24, 2.45) is 0 Å². The van der Waals surface area contributed by atoms with Gasteiger partial charge in [-0.05, 0) is 50.6 Å². The van der Waals surface area contributed by atoms with E-state index in [4.69, 9.17) is 27.9 Å². The van der Waals surface area contributed by atoms with E-state index in [1.807, 2.05) is 0 Å². The summed E-state index contributed by atoms with van der Waals surface area (Å²) >= 11 is 12.0. The summed E-state index contributed by atoms with van der Waals surface area (Å²) in [6.45, 7) is 5.11. The molecule has 2 aromatic carbocycles. The van der Waals surface area contributed by atoms with Crippen molar-refractivity contribution in [3.8, 4) is 0 Å². The number of halogens is 2. The number of nitrogens with one attached hydrogen (secondary N) is 2. The van der Waals surface area contributed by atoms with Gasteiger partial charge in [-0.3, -0.25) is 14.6 Å². The minimum absolute atomic E-state index is 0.000469. The van der Waals surface area contributed by atoms with E-state index in [1.165, 1.54) is 24.5 Å². The number of nitrogens with zero attached hydrogens (tertiary/aromatic N) is 1. The summed E-state index contributed by atoms with van der Waals surface area (Å²) in [5.74, 6) is -3.21. The minimum atomic E-state index is -1.29. The topological polar surface area (TPSA) is 135 Å². The maximum Gasteiger partial charge on any atom is 0.339 e. The van der Waals surface area contributed by atoms with E-state index in [0.717, 1.165) is 0 Å². The number of carbonyl (C=O) groups is 4. The predicted molar refractivity (Wildman–Crippen MR) is 143 cm³/mol. The number of anilines is 1. The Morgan fingerprint density at radius 1 is 0.921 bits per heavy atom. The van der Waals surface area contributed by atoms with Crippen LogP contribution < -0.4 is 10.6 Å². The van der Waals surface area contributed by atoms with Gasteiger partial charge in [-0.15, -0.1) is 0 Å². The molecule has 0 bridgehead atoms. The van der Waals surface area contributed by atoms with Gasteiger partial charge in [0, 0.05) is 24.5 Å². The van der Waals surface area contributed by atoms with Crippen LogP contribution in [0.5, 0.6) is 0 Å². The number of esters is 1. The number of carboxylic acids is 1. The van der Waals surface area contributed by atoms with Crippen LogP contribution in [0.25, 0.3) is 0 Å². The van der Waals surface area contributed by atoms with Gasteiger partial charge in [0.15, 0.2) is 0 Å². The average molecular weight is 558 g/mol. The first kappa shape index (κ1) is 28.6. The number of aliphatic carboxylic acids is 1. The summed E-state index contributed by atoms with van der Waals surface area (Å²) < 4.78 is 5.36. The van der Waals surface area contributed by atoms with Crippen molar-refractivity contribution in [1.82, 2.24) is 10.3 Å². The van der Waals surface area contributed by atoms with Crippen molar-refractivity contribution in [3.05, 3.63) is 93.2 Å². The molecule has 9 nitrogen and oxygen atoms in total. The summed E-state index contributed by atoms with van der Waals surface area (Å²) in [6, 6.07) is 11.1. The Morgan fingerprint density at radius 3 is 2.05 bits per heavy atom.